The van der Waals surface area contributed by atoms with E-state index < -0.39 is 30.2 Å². The van der Waals surface area contributed by atoms with Crippen molar-refractivity contribution in [1.82, 2.24) is 10.6 Å². The van der Waals surface area contributed by atoms with Crippen molar-refractivity contribution in [2.75, 3.05) is 52.7 Å². The van der Waals surface area contributed by atoms with Crippen molar-refractivity contribution in [2.24, 2.45) is 0 Å². The second-order valence-electron chi connectivity index (χ2n) is 10.1. The summed E-state index contributed by atoms with van der Waals surface area (Å²) >= 11 is 0. The van der Waals surface area contributed by atoms with Crippen molar-refractivity contribution in [2.45, 2.75) is 39.2 Å². The third kappa shape index (κ3) is 11.0. The second kappa shape index (κ2) is 17.6. The van der Waals surface area contributed by atoms with E-state index in [0.29, 0.717) is 23.3 Å². The monoisotopic (exact) mass is 612 g/mol. The number of alkyl carbamates (subject to hydrolysis) is 1. The molecule has 3 rings (SSSR count). The maximum atomic E-state index is 12.5. The van der Waals surface area contributed by atoms with Crippen LogP contribution in [0.5, 0.6) is 5.75 Å². The minimum atomic E-state index is -0.623. The van der Waals surface area contributed by atoms with E-state index in [0.717, 1.165) is 34.7 Å². The lowest BCUT2D eigenvalue weighted by atomic mass is 9.87. The third-order valence-corrected chi connectivity index (χ3v) is 6.46. The van der Waals surface area contributed by atoms with E-state index in [1.165, 1.54) is 0 Å². The lowest BCUT2D eigenvalue weighted by Crippen LogP contribution is -2.30. The minimum Gasteiger partial charge on any atom is -0.460 e. The van der Waals surface area contributed by atoms with Gasteiger partial charge in [-0.05, 0) is 67.8 Å². The molecule has 0 saturated carbocycles. The number of aryl methyl sites for hydroxylation is 1. The molecule has 0 bridgehead atoms. The van der Waals surface area contributed by atoms with Crippen LogP contribution in [-0.4, -0.2) is 76.9 Å². The molecule has 1 aliphatic rings. The van der Waals surface area contributed by atoms with Crippen LogP contribution in [0.1, 0.15) is 43.9 Å². The maximum absolute atomic E-state index is 12.5. The van der Waals surface area contributed by atoms with E-state index in [1.807, 2.05) is 18.2 Å². The summed E-state index contributed by atoms with van der Waals surface area (Å²) in [6, 6.07) is 9.36. The number of carbonyl (C=O) groups excluding carboxylic acids is 4. The van der Waals surface area contributed by atoms with Gasteiger partial charge in [-0.15, -0.1) is 0 Å². The topological polar surface area (TPSA) is 148 Å². The SMILES string of the molecule is C=C(C)C(=O)OCCOCCNC(=O)Oc1cccc2cc3c(cc12)CCCC3OC(=O)NCCOCCOC(=O)C(=C)C. The van der Waals surface area contributed by atoms with Gasteiger partial charge in [-0.2, -0.15) is 0 Å². The van der Waals surface area contributed by atoms with Crippen molar-refractivity contribution in [3.05, 3.63) is 65.8 Å². The summed E-state index contributed by atoms with van der Waals surface area (Å²) in [6.45, 7) is 11.7. The number of benzene rings is 2. The second-order valence-corrected chi connectivity index (χ2v) is 10.1. The van der Waals surface area contributed by atoms with E-state index >= 15 is 0 Å². The zero-order chi connectivity index (χ0) is 31.9. The summed E-state index contributed by atoms with van der Waals surface area (Å²) in [4.78, 5) is 47.5. The number of carbonyl (C=O) groups is 4. The Morgan fingerprint density at radius 1 is 0.818 bits per heavy atom. The molecule has 1 aliphatic carbocycles. The first-order valence-electron chi connectivity index (χ1n) is 14.4. The minimum absolute atomic E-state index is 0.0970. The molecule has 12 nitrogen and oxygen atoms in total. The summed E-state index contributed by atoms with van der Waals surface area (Å²) in [7, 11) is 0. The van der Waals surface area contributed by atoms with Crippen LogP contribution in [0.25, 0.3) is 10.8 Å². The molecule has 0 spiro atoms. The Morgan fingerprint density at radius 2 is 1.43 bits per heavy atom. The van der Waals surface area contributed by atoms with Crippen LogP contribution >= 0.6 is 0 Å². The van der Waals surface area contributed by atoms with Crippen LogP contribution in [0.4, 0.5) is 9.59 Å². The van der Waals surface area contributed by atoms with E-state index in [4.69, 9.17) is 28.4 Å². The molecule has 0 saturated heterocycles. The number of rotatable bonds is 16. The van der Waals surface area contributed by atoms with E-state index in [2.05, 4.69) is 23.8 Å². The van der Waals surface area contributed by atoms with Crippen molar-refractivity contribution < 1.29 is 47.6 Å². The number of amides is 2. The van der Waals surface area contributed by atoms with Crippen LogP contribution in [-0.2, 0) is 39.7 Å². The zero-order valence-electron chi connectivity index (χ0n) is 25.2. The van der Waals surface area contributed by atoms with Gasteiger partial charge in [-0.1, -0.05) is 25.3 Å². The maximum Gasteiger partial charge on any atom is 0.412 e. The zero-order valence-corrected chi connectivity index (χ0v) is 25.2. The molecule has 2 N–H and O–H groups in total. The summed E-state index contributed by atoms with van der Waals surface area (Å²) in [5.74, 6) is -0.539. The predicted octanol–water partition coefficient (Wildman–Crippen LogP) is 4.30. The summed E-state index contributed by atoms with van der Waals surface area (Å²) in [5.41, 5.74) is 2.57. The lowest BCUT2D eigenvalue weighted by Gasteiger charge is -2.26. The highest BCUT2D eigenvalue weighted by Crippen LogP contribution is 2.37. The fourth-order valence-corrected chi connectivity index (χ4v) is 4.31. The van der Waals surface area contributed by atoms with Crippen molar-refractivity contribution >= 4 is 34.9 Å². The van der Waals surface area contributed by atoms with Crippen molar-refractivity contribution in [3.8, 4) is 5.75 Å². The summed E-state index contributed by atoms with van der Waals surface area (Å²) in [5, 5.41) is 6.94. The number of ether oxygens (including phenoxy) is 6. The Hall–Kier alpha value is -4.42. The molecule has 0 aromatic heterocycles. The van der Waals surface area contributed by atoms with Gasteiger partial charge in [0.1, 0.15) is 25.1 Å². The Balaban J connectivity index is 1.45. The van der Waals surface area contributed by atoms with Gasteiger partial charge in [-0.25, -0.2) is 19.2 Å². The standard InChI is InChI=1S/C32H40N2O10/c1-21(2)29(35)41-17-15-39-13-11-33-31(37)43-27-9-5-7-23-20-26-24(19-25(23)27)8-6-10-28(26)44-32(38)34-12-14-40-16-18-42-30(36)22(3)4/h5,7,9,19-20,28H,1,3,6,8,10-18H2,2,4H3,(H,33,37)(H,34,38). The van der Waals surface area contributed by atoms with Gasteiger partial charge in [0.2, 0.25) is 0 Å². The average Bonchev–Trinajstić information content (AvgIpc) is 2.99. The average molecular weight is 613 g/mol. The van der Waals surface area contributed by atoms with Crippen LogP contribution < -0.4 is 15.4 Å². The molecule has 238 valence electrons. The largest absolute Gasteiger partial charge is 0.460 e. The molecule has 2 aromatic rings. The van der Waals surface area contributed by atoms with E-state index in [1.54, 1.807) is 26.0 Å². The number of esters is 2. The van der Waals surface area contributed by atoms with Gasteiger partial charge in [0.15, 0.2) is 0 Å². The summed E-state index contributed by atoms with van der Waals surface area (Å²) < 4.78 is 31.9. The number of hydrogen-bond acceptors (Lipinski definition) is 10. The smallest absolute Gasteiger partial charge is 0.412 e. The predicted molar refractivity (Wildman–Crippen MR) is 161 cm³/mol. The van der Waals surface area contributed by atoms with Crippen LogP contribution in [0, 0.1) is 0 Å². The lowest BCUT2D eigenvalue weighted by molar-refractivity contribution is -0.141. The first-order chi connectivity index (χ1) is 21.2. The number of hydrogen-bond donors (Lipinski definition) is 2. The van der Waals surface area contributed by atoms with Crippen LogP contribution in [0.3, 0.4) is 0 Å². The molecule has 0 fully saturated rings. The molecule has 0 radical (unpaired) electrons. The molecular weight excluding hydrogens is 572 g/mol. The highest BCUT2D eigenvalue weighted by atomic mass is 16.6. The Bertz CT molecular complexity index is 1360. The molecule has 0 heterocycles. The highest BCUT2D eigenvalue weighted by Gasteiger charge is 2.25. The molecule has 1 unspecified atom stereocenters. The number of nitrogens with one attached hydrogen (secondary N) is 2. The molecule has 2 aromatic carbocycles. The van der Waals surface area contributed by atoms with Crippen LogP contribution in [0.2, 0.25) is 0 Å². The fourth-order valence-electron chi connectivity index (χ4n) is 4.31. The molecule has 12 heteroatoms. The molecular formula is C32H40N2O10. The molecule has 2 amide bonds. The van der Waals surface area contributed by atoms with Crippen molar-refractivity contribution in [1.29, 1.82) is 0 Å². The molecule has 44 heavy (non-hydrogen) atoms. The van der Waals surface area contributed by atoms with Gasteiger partial charge in [0, 0.05) is 29.6 Å². The highest BCUT2D eigenvalue weighted by molar-refractivity contribution is 5.92. The van der Waals surface area contributed by atoms with E-state index in [9.17, 15) is 19.2 Å². The van der Waals surface area contributed by atoms with E-state index in [-0.39, 0.29) is 52.7 Å². The Morgan fingerprint density at radius 3 is 2.05 bits per heavy atom. The quantitative estimate of drug-likeness (QED) is 0.122. The van der Waals surface area contributed by atoms with Gasteiger partial charge in [0.25, 0.3) is 0 Å². The van der Waals surface area contributed by atoms with Gasteiger partial charge < -0.3 is 39.1 Å². The van der Waals surface area contributed by atoms with Gasteiger partial charge in [-0.3, -0.25) is 0 Å². The van der Waals surface area contributed by atoms with Crippen LogP contribution in [0.15, 0.2) is 54.6 Å². The fraction of sp³-hybridized carbons (Fsp3) is 0.438. The van der Waals surface area contributed by atoms with Gasteiger partial charge >= 0.3 is 24.1 Å². The van der Waals surface area contributed by atoms with Crippen molar-refractivity contribution in [3.63, 3.8) is 0 Å². The molecule has 0 aliphatic heterocycles. The Labute approximate surface area is 256 Å². The summed E-state index contributed by atoms with van der Waals surface area (Å²) in [6.07, 6.45) is 0.734. The first kappa shape index (κ1) is 34.1. The van der Waals surface area contributed by atoms with Gasteiger partial charge in [0.05, 0.1) is 26.4 Å². The normalized spacial score (nSPS) is 13.7. The number of fused-ring (bicyclic) bond motifs is 2. The first-order valence-corrected chi connectivity index (χ1v) is 14.4. The Kier molecular flexibility index (Phi) is 13.7. The molecule has 1 atom stereocenters. The third-order valence-electron chi connectivity index (χ3n) is 6.46.